The van der Waals surface area contributed by atoms with Gasteiger partial charge in [0.1, 0.15) is 17.9 Å². The molecule has 18 heavy (non-hydrogen) atoms. The zero-order valence-corrected chi connectivity index (χ0v) is 12.1. The third kappa shape index (κ3) is 3.39. The van der Waals surface area contributed by atoms with Crippen LogP contribution in [0.25, 0.3) is 0 Å². The summed E-state index contributed by atoms with van der Waals surface area (Å²) < 4.78 is 25.7. The molecule has 1 aromatic rings. The van der Waals surface area contributed by atoms with Gasteiger partial charge in [-0.15, -0.1) is 0 Å². The van der Waals surface area contributed by atoms with E-state index < -0.39 is 10.6 Å². The molecule has 98 valence electrons. The van der Waals surface area contributed by atoms with Gasteiger partial charge in [-0.1, -0.05) is 15.9 Å². The highest BCUT2D eigenvalue weighted by Crippen LogP contribution is 2.44. The summed E-state index contributed by atoms with van der Waals surface area (Å²) in [5.74, 6) is 1.33. The van der Waals surface area contributed by atoms with E-state index in [9.17, 15) is 9.11 Å². The molecule has 0 amide bonds. The molecule has 0 bridgehead atoms. The SMILES string of the molecule is N#Cc1cc(Br)ccc1OC1CCS(O)(O)CC1. The van der Waals surface area contributed by atoms with Crippen molar-refractivity contribution in [3.63, 3.8) is 0 Å². The van der Waals surface area contributed by atoms with E-state index in [2.05, 4.69) is 22.0 Å². The lowest BCUT2D eigenvalue weighted by Gasteiger charge is -2.39. The van der Waals surface area contributed by atoms with Crippen molar-refractivity contribution in [2.24, 2.45) is 0 Å². The fraction of sp³-hybridized carbons (Fsp3) is 0.417. The maximum atomic E-state index is 9.52. The van der Waals surface area contributed by atoms with Crippen molar-refractivity contribution in [1.29, 1.82) is 5.26 Å². The summed E-state index contributed by atoms with van der Waals surface area (Å²) in [5.41, 5.74) is 0.488. The second-order valence-electron chi connectivity index (χ2n) is 4.28. The van der Waals surface area contributed by atoms with Crippen LogP contribution in [0, 0.1) is 11.3 Å². The van der Waals surface area contributed by atoms with Gasteiger partial charge in [0.25, 0.3) is 0 Å². The Kier molecular flexibility index (Phi) is 4.17. The zero-order valence-electron chi connectivity index (χ0n) is 9.67. The number of ether oxygens (including phenoxy) is 1. The lowest BCUT2D eigenvalue weighted by molar-refractivity contribution is 0.186. The van der Waals surface area contributed by atoms with E-state index in [1.54, 1.807) is 12.1 Å². The number of nitrogens with zero attached hydrogens (tertiary/aromatic N) is 1. The van der Waals surface area contributed by atoms with E-state index in [0.717, 1.165) is 4.47 Å². The Morgan fingerprint density at radius 3 is 2.61 bits per heavy atom. The molecule has 1 saturated heterocycles. The van der Waals surface area contributed by atoms with Crippen LogP contribution < -0.4 is 4.74 Å². The maximum Gasteiger partial charge on any atom is 0.137 e. The number of halogens is 1. The van der Waals surface area contributed by atoms with Gasteiger partial charge < -0.3 is 4.74 Å². The molecule has 4 nitrogen and oxygen atoms in total. The largest absolute Gasteiger partial charge is 0.489 e. The van der Waals surface area contributed by atoms with Gasteiger partial charge in [-0.3, -0.25) is 9.11 Å². The van der Waals surface area contributed by atoms with E-state index in [4.69, 9.17) is 10.00 Å². The average molecular weight is 332 g/mol. The molecule has 0 spiro atoms. The molecule has 0 aliphatic carbocycles. The fourth-order valence-corrected chi connectivity index (χ4v) is 3.72. The minimum atomic E-state index is -2.38. The molecule has 1 aromatic carbocycles. The summed E-state index contributed by atoms with van der Waals surface area (Å²) in [7, 11) is -2.38. The predicted octanol–water partition coefficient (Wildman–Crippen LogP) is 3.61. The highest BCUT2D eigenvalue weighted by molar-refractivity contribution is 9.10. The minimum absolute atomic E-state index is 0.0433. The van der Waals surface area contributed by atoms with Crippen LogP contribution in [-0.2, 0) is 0 Å². The van der Waals surface area contributed by atoms with Gasteiger partial charge in [0.05, 0.1) is 5.56 Å². The quantitative estimate of drug-likeness (QED) is 0.868. The van der Waals surface area contributed by atoms with E-state index in [1.807, 2.05) is 6.07 Å². The smallest absolute Gasteiger partial charge is 0.137 e. The normalized spacial score (nSPS) is 21.0. The molecule has 0 radical (unpaired) electrons. The van der Waals surface area contributed by atoms with Crippen LogP contribution in [0.5, 0.6) is 5.75 Å². The first-order chi connectivity index (χ1) is 8.50. The van der Waals surface area contributed by atoms with Crippen LogP contribution in [0.1, 0.15) is 18.4 Å². The Balaban J connectivity index is 2.05. The molecule has 2 N–H and O–H groups in total. The molecule has 1 aliphatic rings. The molecule has 0 unspecified atom stereocenters. The first-order valence-corrected chi connectivity index (χ1v) is 8.28. The number of benzene rings is 1. The zero-order chi connectivity index (χ0) is 13.2. The molecular weight excluding hydrogens is 318 g/mol. The lowest BCUT2D eigenvalue weighted by Crippen LogP contribution is -2.28. The first-order valence-electron chi connectivity index (χ1n) is 5.60. The van der Waals surface area contributed by atoms with E-state index in [-0.39, 0.29) is 6.10 Å². The summed E-state index contributed by atoms with van der Waals surface area (Å²) in [5, 5.41) is 9.03. The molecule has 0 saturated carbocycles. The molecule has 6 heteroatoms. The monoisotopic (exact) mass is 331 g/mol. The van der Waals surface area contributed by atoms with Crippen molar-refractivity contribution in [3.05, 3.63) is 28.2 Å². The molecule has 1 aliphatic heterocycles. The molecule has 1 fully saturated rings. The highest BCUT2D eigenvalue weighted by Gasteiger charge is 2.25. The van der Waals surface area contributed by atoms with Crippen molar-refractivity contribution in [2.75, 3.05) is 11.5 Å². The molecule has 2 rings (SSSR count). The van der Waals surface area contributed by atoms with Crippen molar-refractivity contribution < 1.29 is 13.8 Å². The van der Waals surface area contributed by atoms with Gasteiger partial charge in [-0.25, -0.2) is 0 Å². The predicted molar refractivity (Wildman–Crippen MR) is 75.1 cm³/mol. The second kappa shape index (κ2) is 5.49. The van der Waals surface area contributed by atoms with Gasteiger partial charge in [0.2, 0.25) is 0 Å². The fourth-order valence-electron chi connectivity index (χ4n) is 1.88. The number of hydrogen-bond donors (Lipinski definition) is 2. The Hall–Kier alpha value is -0.740. The summed E-state index contributed by atoms with van der Waals surface area (Å²) in [4.78, 5) is 0. The third-order valence-electron chi connectivity index (χ3n) is 2.89. The van der Waals surface area contributed by atoms with Crippen molar-refractivity contribution in [2.45, 2.75) is 18.9 Å². The van der Waals surface area contributed by atoms with Crippen LogP contribution in [0.4, 0.5) is 0 Å². The van der Waals surface area contributed by atoms with Gasteiger partial charge in [-0.05, 0) is 18.2 Å². The maximum absolute atomic E-state index is 9.52. The standard InChI is InChI=1S/C12H14BrNO3S/c13-10-1-2-12(9(7-10)8-14)17-11-3-5-18(15,16)6-4-11/h1-2,7,11,15-16H,3-6H2. The van der Waals surface area contributed by atoms with Crippen LogP contribution in [0.2, 0.25) is 0 Å². The Labute approximate surface area is 116 Å². The van der Waals surface area contributed by atoms with Gasteiger partial charge in [0, 0.05) is 28.8 Å². The Morgan fingerprint density at radius 2 is 2.00 bits per heavy atom. The van der Waals surface area contributed by atoms with Gasteiger partial charge >= 0.3 is 0 Å². The summed E-state index contributed by atoms with van der Waals surface area (Å²) >= 11 is 3.31. The average Bonchev–Trinajstić information content (AvgIpc) is 2.34. The third-order valence-corrected chi connectivity index (χ3v) is 5.16. The molecule has 0 atom stereocenters. The first kappa shape index (κ1) is 13.7. The van der Waals surface area contributed by atoms with Gasteiger partial charge in [0.15, 0.2) is 0 Å². The number of rotatable bonds is 2. The van der Waals surface area contributed by atoms with Crippen molar-refractivity contribution in [3.8, 4) is 11.8 Å². The number of hydrogen-bond acceptors (Lipinski definition) is 4. The Morgan fingerprint density at radius 1 is 1.33 bits per heavy atom. The topological polar surface area (TPSA) is 73.5 Å². The highest BCUT2D eigenvalue weighted by atomic mass is 79.9. The van der Waals surface area contributed by atoms with Crippen LogP contribution >= 0.6 is 26.5 Å². The van der Waals surface area contributed by atoms with Crippen LogP contribution in [0.3, 0.4) is 0 Å². The lowest BCUT2D eigenvalue weighted by atomic mass is 10.2. The van der Waals surface area contributed by atoms with E-state index in [0.29, 0.717) is 35.7 Å². The second-order valence-corrected chi connectivity index (χ2v) is 7.62. The van der Waals surface area contributed by atoms with Crippen molar-refractivity contribution >= 4 is 26.5 Å². The summed E-state index contributed by atoms with van der Waals surface area (Å²) in [6.45, 7) is 0. The minimum Gasteiger partial charge on any atom is -0.489 e. The van der Waals surface area contributed by atoms with Gasteiger partial charge in [-0.2, -0.15) is 15.9 Å². The van der Waals surface area contributed by atoms with Crippen LogP contribution in [0.15, 0.2) is 22.7 Å². The molecule has 0 aromatic heterocycles. The molecular formula is C12H14BrNO3S. The van der Waals surface area contributed by atoms with Crippen LogP contribution in [-0.4, -0.2) is 26.7 Å². The number of nitriles is 1. The van der Waals surface area contributed by atoms with E-state index in [1.165, 1.54) is 0 Å². The Bertz CT molecular complexity index is 477. The molecule has 1 heterocycles. The van der Waals surface area contributed by atoms with E-state index >= 15 is 0 Å². The summed E-state index contributed by atoms with van der Waals surface area (Å²) in [6.07, 6.45) is 1.19. The summed E-state index contributed by atoms with van der Waals surface area (Å²) in [6, 6.07) is 7.39. The van der Waals surface area contributed by atoms with Crippen molar-refractivity contribution in [1.82, 2.24) is 0 Å².